The molecule has 10 heteroatoms. The lowest BCUT2D eigenvalue weighted by atomic mass is 9.93. The lowest BCUT2D eigenvalue weighted by Gasteiger charge is -2.14. The highest BCUT2D eigenvalue weighted by Gasteiger charge is 2.29. The molecular formula is C23H17Cl2FN2O4S. The summed E-state index contributed by atoms with van der Waals surface area (Å²) in [7, 11) is -3.93. The molecule has 1 aliphatic rings. The number of rotatable bonds is 5. The number of benzene rings is 2. The van der Waals surface area contributed by atoms with Crippen molar-refractivity contribution < 1.29 is 22.4 Å². The third kappa shape index (κ3) is 4.73. The van der Waals surface area contributed by atoms with Crippen molar-refractivity contribution in [3.05, 3.63) is 87.3 Å². The number of carbonyl (C=O) groups is 2. The monoisotopic (exact) mass is 506 g/mol. The molecule has 33 heavy (non-hydrogen) atoms. The smallest absolute Gasteiger partial charge is 0.282 e. The fourth-order valence-corrected chi connectivity index (χ4v) is 4.57. The summed E-state index contributed by atoms with van der Waals surface area (Å²) < 4.78 is 41.8. The van der Waals surface area contributed by atoms with Crippen LogP contribution in [-0.2, 0) is 21.4 Å². The number of fused-ring (bicyclic) bond motifs is 1. The predicted molar refractivity (Wildman–Crippen MR) is 127 cm³/mol. The zero-order valence-electron chi connectivity index (χ0n) is 17.2. The van der Waals surface area contributed by atoms with Gasteiger partial charge in [0.15, 0.2) is 5.78 Å². The number of carbonyl (C=O) groups excluding carboxylic acids is 2. The van der Waals surface area contributed by atoms with Crippen LogP contribution in [-0.4, -0.2) is 30.9 Å². The molecule has 0 fully saturated rings. The number of hydrogen-bond acceptors (Lipinski definition) is 4. The second-order valence-corrected chi connectivity index (χ2v) is 10.2. The van der Waals surface area contributed by atoms with Crippen LogP contribution in [0, 0.1) is 5.82 Å². The van der Waals surface area contributed by atoms with E-state index in [2.05, 4.69) is 0 Å². The highest BCUT2D eigenvalue weighted by atomic mass is 35.5. The predicted octanol–water partition coefficient (Wildman–Crippen LogP) is 4.74. The Balaban J connectivity index is 2.06. The van der Waals surface area contributed by atoms with Gasteiger partial charge in [-0.1, -0.05) is 47.5 Å². The molecule has 4 rings (SSSR count). The number of Topliss-reactive ketones (excluding diaryl/α,β-unsaturated/α-hetero) is 1. The SMILES string of the molecule is CS(=O)(=O)NC(=O)c1c(C2=CC=CCC2=O)c2cc(Cl)ccc2n1Cc1ccc(Cl)cc1F. The number of halogens is 3. The van der Waals surface area contributed by atoms with Gasteiger partial charge in [0.1, 0.15) is 11.5 Å². The average Bonchev–Trinajstić information content (AvgIpc) is 3.02. The summed E-state index contributed by atoms with van der Waals surface area (Å²) in [6, 6.07) is 8.95. The zero-order chi connectivity index (χ0) is 23.9. The summed E-state index contributed by atoms with van der Waals surface area (Å²) in [5.41, 5.74) is 1.07. The van der Waals surface area contributed by atoms with E-state index in [1.807, 2.05) is 4.72 Å². The Morgan fingerprint density at radius 2 is 1.85 bits per heavy atom. The van der Waals surface area contributed by atoms with Gasteiger partial charge < -0.3 is 4.57 Å². The Hall–Kier alpha value is -2.94. The van der Waals surface area contributed by atoms with Gasteiger partial charge in [-0.3, -0.25) is 9.59 Å². The molecule has 6 nitrogen and oxygen atoms in total. The molecule has 1 aliphatic carbocycles. The van der Waals surface area contributed by atoms with E-state index in [0.717, 1.165) is 12.3 Å². The van der Waals surface area contributed by atoms with E-state index in [0.29, 0.717) is 15.9 Å². The molecule has 0 saturated carbocycles. The Labute approximate surface area is 199 Å². The minimum Gasteiger partial charge on any atom is -0.331 e. The number of nitrogens with one attached hydrogen (secondary N) is 1. The van der Waals surface area contributed by atoms with E-state index in [-0.39, 0.29) is 46.2 Å². The van der Waals surface area contributed by atoms with Gasteiger partial charge in [0.05, 0.1) is 12.8 Å². The molecule has 0 aliphatic heterocycles. The summed E-state index contributed by atoms with van der Waals surface area (Å²) in [4.78, 5) is 26.0. The molecule has 1 N–H and O–H groups in total. The molecule has 0 saturated heterocycles. The van der Waals surface area contributed by atoms with Gasteiger partial charge in [0.2, 0.25) is 10.0 Å². The zero-order valence-corrected chi connectivity index (χ0v) is 19.6. The number of allylic oxidation sites excluding steroid dienone is 4. The van der Waals surface area contributed by atoms with Crippen LogP contribution in [0.1, 0.15) is 28.0 Å². The maximum absolute atomic E-state index is 14.6. The molecule has 1 aromatic heterocycles. The molecule has 0 spiro atoms. The molecule has 0 atom stereocenters. The van der Waals surface area contributed by atoms with Crippen LogP contribution < -0.4 is 4.72 Å². The van der Waals surface area contributed by atoms with Crippen LogP contribution >= 0.6 is 23.2 Å². The van der Waals surface area contributed by atoms with E-state index >= 15 is 0 Å². The molecule has 3 aromatic rings. The first-order chi connectivity index (χ1) is 15.5. The third-order valence-corrected chi connectivity index (χ3v) is 6.16. The van der Waals surface area contributed by atoms with Crippen LogP contribution in [0.5, 0.6) is 0 Å². The minimum atomic E-state index is -3.93. The first-order valence-corrected chi connectivity index (χ1v) is 12.4. The Morgan fingerprint density at radius 1 is 1.15 bits per heavy atom. The number of nitrogens with zero attached hydrogens (tertiary/aromatic N) is 1. The first kappa shape index (κ1) is 23.2. The number of ketones is 1. The summed E-state index contributed by atoms with van der Waals surface area (Å²) in [6.45, 7) is -0.120. The number of sulfonamides is 1. The summed E-state index contributed by atoms with van der Waals surface area (Å²) in [5.74, 6) is -1.79. The van der Waals surface area contributed by atoms with Crippen molar-refractivity contribution in [3.63, 3.8) is 0 Å². The van der Waals surface area contributed by atoms with Crippen molar-refractivity contribution in [2.24, 2.45) is 0 Å². The average molecular weight is 507 g/mol. The van der Waals surface area contributed by atoms with Crippen molar-refractivity contribution >= 4 is 61.4 Å². The normalized spacial score (nSPS) is 13.9. The number of aromatic nitrogens is 1. The molecule has 0 radical (unpaired) electrons. The molecule has 1 amide bonds. The van der Waals surface area contributed by atoms with E-state index in [4.69, 9.17) is 23.2 Å². The summed E-state index contributed by atoms with van der Waals surface area (Å²) >= 11 is 12.1. The van der Waals surface area contributed by atoms with E-state index < -0.39 is 21.7 Å². The number of hydrogen-bond donors (Lipinski definition) is 1. The van der Waals surface area contributed by atoms with Gasteiger partial charge in [0, 0.05) is 44.1 Å². The van der Waals surface area contributed by atoms with Crippen molar-refractivity contribution in [1.82, 2.24) is 9.29 Å². The summed E-state index contributed by atoms with van der Waals surface area (Å²) in [5, 5.41) is 1.03. The van der Waals surface area contributed by atoms with E-state index in [1.165, 1.54) is 16.7 Å². The molecule has 2 aromatic carbocycles. The van der Waals surface area contributed by atoms with Crippen LogP contribution in [0.3, 0.4) is 0 Å². The van der Waals surface area contributed by atoms with Crippen molar-refractivity contribution in [3.8, 4) is 0 Å². The van der Waals surface area contributed by atoms with Crippen molar-refractivity contribution in [2.45, 2.75) is 13.0 Å². The molecule has 0 bridgehead atoms. The number of amides is 1. The highest BCUT2D eigenvalue weighted by Crippen LogP contribution is 2.36. The third-order valence-electron chi connectivity index (χ3n) is 5.13. The quantitative estimate of drug-likeness (QED) is 0.541. The second kappa shape index (κ2) is 8.78. The van der Waals surface area contributed by atoms with Gasteiger partial charge in [-0.2, -0.15) is 0 Å². The van der Waals surface area contributed by atoms with Gasteiger partial charge in [-0.25, -0.2) is 17.5 Å². The largest absolute Gasteiger partial charge is 0.331 e. The van der Waals surface area contributed by atoms with Gasteiger partial charge >= 0.3 is 0 Å². The van der Waals surface area contributed by atoms with Crippen LogP contribution in [0.25, 0.3) is 16.5 Å². The maximum Gasteiger partial charge on any atom is 0.282 e. The fourth-order valence-electron chi connectivity index (χ4n) is 3.80. The first-order valence-electron chi connectivity index (χ1n) is 9.73. The van der Waals surface area contributed by atoms with Gasteiger partial charge in [-0.15, -0.1) is 0 Å². The lowest BCUT2D eigenvalue weighted by Crippen LogP contribution is -2.32. The van der Waals surface area contributed by atoms with E-state index in [1.54, 1.807) is 36.4 Å². The topological polar surface area (TPSA) is 85.2 Å². The standard InChI is InChI=1S/C23H17Cl2FN2O4S/c1-33(31,32)27-23(30)22-21(16-4-2-3-5-20(16)29)17-10-14(24)8-9-19(17)28(22)12-13-6-7-15(25)11-18(13)26/h2-4,6-11H,5,12H2,1H3,(H,27,30). The molecule has 170 valence electrons. The van der Waals surface area contributed by atoms with Crippen LogP contribution in [0.2, 0.25) is 10.0 Å². The van der Waals surface area contributed by atoms with Crippen molar-refractivity contribution in [1.29, 1.82) is 0 Å². The molecular weight excluding hydrogens is 490 g/mol. The van der Waals surface area contributed by atoms with Gasteiger partial charge in [0.25, 0.3) is 5.91 Å². The highest BCUT2D eigenvalue weighted by molar-refractivity contribution is 7.89. The van der Waals surface area contributed by atoms with Crippen LogP contribution in [0.15, 0.2) is 54.6 Å². The lowest BCUT2D eigenvalue weighted by molar-refractivity contribution is -0.113. The second-order valence-electron chi connectivity index (χ2n) is 7.55. The molecule has 0 unspecified atom stereocenters. The Kier molecular flexibility index (Phi) is 6.18. The minimum absolute atomic E-state index is 0.0954. The summed E-state index contributed by atoms with van der Waals surface area (Å²) in [6.07, 6.45) is 5.89. The Morgan fingerprint density at radius 3 is 2.52 bits per heavy atom. The van der Waals surface area contributed by atoms with Crippen LogP contribution in [0.4, 0.5) is 4.39 Å². The fraction of sp³-hybridized carbons (Fsp3) is 0.130. The van der Waals surface area contributed by atoms with E-state index in [9.17, 15) is 22.4 Å². The maximum atomic E-state index is 14.6. The van der Waals surface area contributed by atoms with Crippen molar-refractivity contribution in [2.75, 3.05) is 6.26 Å². The van der Waals surface area contributed by atoms with Gasteiger partial charge in [-0.05, 0) is 30.3 Å². The Bertz CT molecular complexity index is 1490. The molecule has 1 heterocycles.